The molecule has 1 N–H and O–H groups in total. The molecule has 0 aromatic rings. The predicted octanol–water partition coefficient (Wildman–Crippen LogP) is 0.660. The number of aliphatic carboxylic acids is 1. The Morgan fingerprint density at radius 3 is 2.82 bits per heavy atom. The summed E-state index contributed by atoms with van der Waals surface area (Å²) in [7, 11) is 0. The number of carboxylic acids is 1. The van der Waals surface area contributed by atoms with Gasteiger partial charge in [-0.25, -0.2) is 0 Å². The maximum Gasteiger partial charge on any atom is 0.306 e. The lowest BCUT2D eigenvalue weighted by atomic mass is 10.1. The van der Waals surface area contributed by atoms with Gasteiger partial charge in [-0.15, -0.1) is 0 Å². The third kappa shape index (κ3) is 5.39. The molecule has 0 amide bonds. The molecule has 1 atom stereocenters. The van der Waals surface area contributed by atoms with Crippen LogP contribution in [-0.4, -0.2) is 24.2 Å². The topological polar surface area (TPSA) is 63.6 Å². The Labute approximate surface area is 65.2 Å². The van der Waals surface area contributed by atoms with Gasteiger partial charge in [0.15, 0.2) is 0 Å². The highest BCUT2D eigenvalue weighted by molar-refractivity contribution is 5.69. The Kier molecular flexibility index (Phi) is 5.15. The first-order valence-corrected chi connectivity index (χ1v) is 3.46. The maximum absolute atomic E-state index is 10.3. The molecule has 0 heterocycles. The second-order valence-electron chi connectivity index (χ2n) is 2.35. The quantitative estimate of drug-likeness (QED) is 0.458. The van der Waals surface area contributed by atoms with E-state index in [4.69, 9.17) is 5.11 Å². The average molecular weight is 160 g/mol. The Bertz CT molecular complexity index is 132. The molecule has 11 heavy (non-hydrogen) atoms. The fraction of sp³-hybridized carbons (Fsp3) is 0.714. The van der Waals surface area contributed by atoms with Gasteiger partial charge in [0.05, 0.1) is 12.5 Å². The molecule has 64 valence electrons. The van der Waals surface area contributed by atoms with Crippen LogP contribution in [-0.2, 0) is 14.3 Å². The zero-order valence-electron chi connectivity index (χ0n) is 6.45. The molecular formula is C7H12O4. The average Bonchev–Trinajstić information content (AvgIpc) is 1.97. The lowest BCUT2D eigenvalue weighted by molar-refractivity contribution is -0.141. The molecule has 4 nitrogen and oxygen atoms in total. The molecule has 0 aromatic heterocycles. The highest BCUT2D eigenvalue weighted by atomic mass is 16.5. The van der Waals surface area contributed by atoms with Crippen LogP contribution in [0.1, 0.15) is 19.8 Å². The number of carboxylic acid groups (broad SMARTS) is 1. The Morgan fingerprint density at radius 2 is 2.36 bits per heavy atom. The van der Waals surface area contributed by atoms with Gasteiger partial charge in [0, 0.05) is 0 Å². The zero-order chi connectivity index (χ0) is 8.69. The SMILES string of the molecule is CC(CCCOC=O)C(=O)O. The van der Waals surface area contributed by atoms with Crippen molar-refractivity contribution in [3.05, 3.63) is 0 Å². The van der Waals surface area contributed by atoms with Gasteiger partial charge < -0.3 is 9.84 Å². The standard InChI is InChI=1S/C7H12O4/c1-6(7(9)10)3-2-4-11-5-8/h5-6H,2-4H2,1H3,(H,9,10). The predicted molar refractivity (Wildman–Crippen MR) is 38.0 cm³/mol. The van der Waals surface area contributed by atoms with Crippen molar-refractivity contribution in [2.24, 2.45) is 5.92 Å². The van der Waals surface area contributed by atoms with Crippen LogP contribution >= 0.6 is 0 Å². The van der Waals surface area contributed by atoms with Gasteiger partial charge in [0.2, 0.25) is 0 Å². The molecule has 4 heteroatoms. The minimum Gasteiger partial charge on any atom is -0.481 e. The van der Waals surface area contributed by atoms with E-state index in [1.54, 1.807) is 6.92 Å². The number of ether oxygens (including phenoxy) is 1. The highest BCUT2D eigenvalue weighted by Crippen LogP contribution is 2.04. The van der Waals surface area contributed by atoms with Crippen molar-refractivity contribution >= 4 is 12.4 Å². The van der Waals surface area contributed by atoms with Gasteiger partial charge in [-0.3, -0.25) is 9.59 Å². The first-order chi connectivity index (χ1) is 5.18. The van der Waals surface area contributed by atoms with Crippen LogP contribution in [0.4, 0.5) is 0 Å². The molecule has 0 aromatic carbocycles. The van der Waals surface area contributed by atoms with Gasteiger partial charge in [0.1, 0.15) is 0 Å². The molecule has 0 saturated carbocycles. The second-order valence-corrected chi connectivity index (χ2v) is 2.35. The lowest BCUT2D eigenvalue weighted by Gasteiger charge is -2.03. The van der Waals surface area contributed by atoms with Gasteiger partial charge in [-0.2, -0.15) is 0 Å². The summed E-state index contributed by atoms with van der Waals surface area (Å²) in [6.07, 6.45) is 1.15. The van der Waals surface area contributed by atoms with Crippen LogP contribution in [0.3, 0.4) is 0 Å². The van der Waals surface area contributed by atoms with Crippen molar-refractivity contribution < 1.29 is 19.4 Å². The summed E-state index contributed by atoms with van der Waals surface area (Å²) < 4.78 is 4.39. The number of hydrogen-bond acceptors (Lipinski definition) is 3. The zero-order valence-corrected chi connectivity index (χ0v) is 6.45. The first-order valence-electron chi connectivity index (χ1n) is 3.46. The molecule has 0 fully saturated rings. The minimum atomic E-state index is -0.809. The van der Waals surface area contributed by atoms with Crippen molar-refractivity contribution in [3.63, 3.8) is 0 Å². The van der Waals surface area contributed by atoms with E-state index in [0.717, 1.165) is 0 Å². The van der Waals surface area contributed by atoms with E-state index < -0.39 is 5.97 Å². The number of hydrogen-bond donors (Lipinski definition) is 1. The molecule has 1 unspecified atom stereocenters. The van der Waals surface area contributed by atoms with E-state index in [1.807, 2.05) is 0 Å². The Balaban J connectivity index is 3.24. The molecule has 0 bridgehead atoms. The molecule has 0 aliphatic heterocycles. The molecule has 0 spiro atoms. The van der Waals surface area contributed by atoms with Crippen molar-refractivity contribution in [2.75, 3.05) is 6.61 Å². The van der Waals surface area contributed by atoms with Crippen LogP contribution in [0.15, 0.2) is 0 Å². The van der Waals surface area contributed by atoms with E-state index in [1.165, 1.54) is 0 Å². The Morgan fingerprint density at radius 1 is 1.73 bits per heavy atom. The summed E-state index contributed by atoms with van der Waals surface area (Å²) in [5.74, 6) is -1.17. The highest BCUT2D eigenvalue weighted by Gasteiger charge is 2.09. The molecule has 0 aliphatic rings. The van der Waals surface area contributed by atoms with Crippen LogP contribution in [0.25, 0.3) is 0 Å². The molecular weight excluding hydrogens is 148 g/mol. The molecule has 0 radical (unpaired) electrons. The summed E-state index contributed by atoms with van der Waals surface area (Å²) in [5, 5.41) is 8.43. The number of carbonyl (C=O) groups is 2. The van der Waals surface area contributed by atoms with Gasteiger partial charge in [0.25, 0.3) is 6.47 Å². The van der Waals surface area contributed by atoms with Crippen LogP contribution in [0.2, 0.25) is 0 Å². The van der Waals surface area contributed by atoms with Gasteiger partial charge in [-0.1, -0.05) is 6.92 Å². The Hall–Kier alpha value is -1.06. The second kappa shape index (κ2) is 5.70. The summed E-state index contributed by atoms with van der Waals surface area (Å²) in [6.45, 7) is 2.30. The maximum atomic E-state index is 10.3. The summed E-state index contributed by atoms with van der Waals surface area (Å²) in [4.78, 5) is 19.9. The fourth-order valence-electron chi connectivity index (χ4n) is 0.644. The lowest BCUT2D eigenvalue weighted by Crippen LogP contribution is -2.10. The fourth-order valence-corrected chi connectivity index (χ4v) is 0.644. The van der Waals surface area contributed by atoms with E-state index >= 15 is 0 Å². The van der Waals surface area contributed by atoms with E-state index in [2.05, 4.69) is 4.74 Å². The largest absolute Gasteiger partial charge is 0.481 e. The van der Waals surface area contributed by atoms with E-state index in [9.17, 15) is 9.59 Å². The van der Waals surface area contributed by atoms with E-state index in [0.29, 0.717) is 25.9 Å². The smallest absolute Gasteiger partial charge is 0.306 e. The third-order valence-corrected chi connectivity index (χ3v) is 1.39. The van der Waals surface area contributed by atoms with Gasteiger partial charge >= 0.3 is 5.97 Å². The minimum absolute atomic E-state index is 0.307. The van der Waals surface area contributed by atoms with Crippen LogP contribution < -0.4 is 0 Å². The van der Waals surface area contributed by atoms with Crippen molar-refractivity contribution in [2.45, 2.75) is 19.8 Å². The number of carbonyl (C=O) groups excluding carboxylic acids is 1. The summed E-state index contributed by atoms with van der Waals surface area (Å²) in [5.41, 5.74) is 0. The summed E-state index contributed by atoms with van der Waals surface area (Å²) in [6, 6.07) is 0. The van der Waals surface area contributed by atoms with Crippen LogP contribution in [0.5, 0.6) is 0 Å². The van der Waals surface area contributed by atoms with E-state index in [-0.39, 0.29) is 5.92 Å². The monoisotopic (exact) mass is 160 g/mol. The van der Waals surface area contributed by atoms with Crippen molar-refractivity contribution in [3.8, 4) is 0 Å². The molecule has 0 saturated heterocycles. The third-order valence-electron chi connectivity index (χ3n) is 1.39. The normalized spacial score (nSPS) is 12.1. The van der Waals surface area contributed by atoms with Gasteiger partial charge in [-0.05, 0) is 12.8 Å². The van der Waals surface area contributed by atoms with Crippen molar-refractivity contribution in [1.82, 2.24) is 0 Å². The molecule has 0 aliphatic carbocycles. The van der Waals surface area contributed by atoms with Crippen LogP contribution in [0, 0.1) is 5.92 Å². The van der Waals surface area contributed by atoms with Crippen molar-refractivity contribution in [1.29, 1.82) is 0 Å². The molecule has 0 rings (SSSR count). The first kappa shape index (κ1) is 9.94. The number of rotatable bonds is 6. The summed E-state index contributed by atoms with van der Waals surface area (Å²) >= 11 is 0.